The second-order valence-corrected chi connectivity index (χ2v) is 4.07. The number of carbonyl (C=O) groups is 1. The van der Waals surface area contributed by atoms with Gasteiger partial charge in [-0.1, -0.05) is 18.7 Å². The molecule has 1 aromatic rings. The van der Waals surface area contributed by atoms with Gasteiger partial charge in [0.25, 0.3) is 5.69 Å². The first-order valence-corrected chi connectivity index (χ1v) is 5.73. The minimum absolute atomic E-state index is 0.0587. The molecule has 0 fully saturated rings. The van der Waals surface area contributed by atoms with E-state index in [9.17, 15) is 14.9 Å². The van der Waals surface area contributed by atoms with E-state index in [1.807, 2.05) is 0 Å². The van der Waals surface area contributed by atoms with E-state index in [0.717, 1.165) is 0 Å². The molecule has 0 N–H and O–H groups in total. The Kier molecular flexibility index (Phi) is 5.26. The molecule has 0 heterocycles. The van der Waals surface area contributed by atoms with Gasteiger partial charge < -0.3 is 4.74 Å². The van der Waals surface area contributed by atoms with Crippen molar-refractivity contribution in [3.05, 3.63) is 57.1 Å². The Morgan fingerprint density at radius 2 is 2.28 bits per heavy atom. The molecular formula is C12H10BrNO4. The summed E-state index contributed by atoms with van der Waals surface area (Å²) < 4.78 is 5.12. The number of nitro benzene ring substituents is 1. The first kappa shape index (κ1) is 14.1. The molecule has 0 saturated heterocycles. The molecule has 18 heavy (non-hydrogen) atoms. The van der Waals surface area contributed by atoms with Crippen LogP contribution < -0.4 is 0 Å². The minimum atomic E-state index is -0.527. The van der Waals surface area contributed by atoms with Gasteiger partial charge in [0, 0.05) is 12.1 Å². The lowest BCUT2D eigenvalue weighted by Gasteiger charge is -1.98. The zero-order chi connectivity index (χ0) is 13.5. The lowest BCUT2D eigenvalue weighted by atomic mass is 10.2. The molecule has 0 aliphatic rings. The summed E-state index contributed by atoms with van der Waals surface area (Å²) in [4.78, 5) is 21.4. The van der Waals surface area contributed by atoms with Crippen molar-refractivity contribution in [2.24, 2.45) is 0 Å². The molecule has 0 amide bonds. The van der Waals surface area contributed by atoms with Gasteiger partial charge in [0.2, 0.25) is 0 Å². The number of carbonyl (C=O) groups excluding carboxylic acids is 1. The number of esters is 1. The Hall–Kier alpha value is -1.95. The van der Waals surface area contributed by atoms with E-state index < -0.39 is 10.9 Å². The average molecular weight is 312 g/mol. The van der Waals surface area contributed by atoms with Crippen molar-refractivity contribution in [1.29, 1.82) is 0 Å². The summed E-state index contributed by atoms with van der Waals surface area (Å²) in [5, 5.41) is 10.7. The number of ether oxygens (including phenoxy) is 1. The van der Waals surface area contributed by atoms with Gasteiger partial charge in [-0.3, -0.25) is 10.1 Å². The zero-order valence-corrected chi connectivity index (χ0v) is 10.9. The Morgan fingerprint density at radius 1 is 1.56 bits per heavy atom. The molecule has 0 unspecified atom stereocenters. The highest BCUT2D eigenvalue weighted by atomic mass is 79.9. The van der Waals surface area contributed by atoms with Crippen molar-refractivity contribution in [1.82, 2.24) is 0 Å². The highest BCUT2D eigenvalue weighted by molar-refractivity contribution is 9.10. The summed E-state index contributed by atoms with van der Waals surface area (Å²) in [7, 11) is 0. The molecule has 94 valence electrons. The molecule has 0 spiro atoms. The minimum Gasteiger partial charge on any atom is -0.458 e. The number of nitro groups is 1. The van der Waals surface area contributed by atoms with Crippen LogP contribution in [0.1, 0.15) is 5.56 Å². The smallest absolute Gasteiger partial charge is 0.331 e. The van der Waals surface area contributed by atoms with Crippen LogP contribution in [0.15, 0.2) is 41.4 Å². The second-order valence-electron chi connectivity index (χ2n) is 3.22. The summed E-state index contributed by atoms with van der Waals surface area (Å²) in [6, 6.07) is 4.56. The number of nitrogens with zero attached hydrogens (tertiary/aromatic N) is 1. The van der Waals surface area contributed by atoms with Crippen molar-refractivity contribution >= 4 is 33.7 Å². The normalized spacial score (nSPS) is 10.3. The summed E-state index contributed by atoms with van der Waals surface area (Å²) in [5.41, 5.74) is 0.483. The van der Waals surface area contributed by atoms with Gasteiger partial charge in [0.05, 0.1) is 9.40 Å². The van der Waals surface area contributed by atoms with Crippen LogP contribution >= 0.6 is 15.9 Å². The van der Waals surface area contributed by atoms with Crippen molar-refractivity contribution in [2.45, 2.75) is 0 Å². The monoisotopic (exact) mass is 311 g/mol. The second kappa shape index (κ2) is 6.70. The third-order valence-corrected chi connectivity index (χ3v) is 2.59. The SMILES string of the molecule is C=CCOC(=O)/C=C/c1ccc(Br)c([N+](=O)[O-])c1. The number of halogens is 1. The largest absolute Gasteiger partial charge is 0.458 e. The van der Waals surface area contributed by atoms with Crippen LogP contribution in [0.2, 0.25) is 0 Å². The van der Waals surface area contributed by atoms with Crippen molar-refractivity contribution in [3.8, 4) is 0 Å². The van der Waals surface area contributed by atoms with Gasteiger partial charge in [-0.25, -0.2) is 4.79 Å². The van der Waals surface area contributed by atoms with E-state index in [2.05, 4.69) is 22.5 Å². The number of hydrogen-bond acceptors (Lipinski definition) is 4. The fraction of sp³-hybridized carbons (Fsp3) is 0.0833. The van der Waals surface area contributed by atoms with Crippen LogP contribution in [-0.2, 0) is 9.53 Å². The maximum atomic E-state index is 11.2. The van der Waals surface area contributed by atoms with E-state index in [1.165, 1.54) is 24.3 Å². The maximum absolute atomic E-state index is 11.2. The van der Waals surface area contributed by atoms with E-state index in [0.29, 0.717) is 10.0 Å². The van der Waals surface area contributed by atoms with Crippen LogP contribution in [0.3, 0.4) is 0 Å². The molecule has 0 atom stereocenters. The van der Waals surface area contributed by atoms with Gasteiger partial charge >= 0.3 is 5.97 Å². The fourth-order valence-corrected chi connectivity index (χ4v) is 1.52. The standard InChI is InChI=1S/C12H10BrNO4/c1-2-7-18-12(15)6-4-9-3-5-10(13)11(8-9)14(16)17/h2-6,8H,1,7H2/b6-4+. The molecule has 5 nitrogen and oxygen atoms in total. The summed E-state index contributed by atoms with van der Waals surface area (Å²) in [6.45, 7) is 3.54. The third kappa shape index (κ3) is 4.14. The van der Waals surface area contributed by atoms with Crippen LogP contribution in [0, 0.1) is 10.1 Å². The molecule has 0 radical (unpaired) electrons. The van der Waals surface area contributed by atoms with Gasteiger partial charge in [-0.2, -0.15) is 0 Å². The van der Waals surface area contributed by atoms with E-state index in [4.69, 9.17) is 4.74 Å². The average Bonchev–Trinajstić information content (AvgIpc) is 2.35. The maximum Gasteiger partial charge on any atom is 0.331 e. The van der Waals surface area contributed by atoms with E-state index >= 15 is 0 Å². The zero-order valence-electron chi connectivity index (χ0n) is 9.34. The lowest BCUT2D eigenvalue weighted by Crippen LogP contribution is -1.99. The quantitative estimate of drug-likeness (QED) is 0.275. The highest BCUT2D eigenvalue weighted by Gasteiger charge is 2.11. The molecule has 1 aromatic carbocycles. The summed E-state index contributed by atoms with van der Waals surface area (Å²) >= 11 is 3.08. The molecule has 0 aliphatic heterocycles. The van der Waals surface area contributed by atoms with Crippen molar-refractivity contribution in [2.75, 3.05) is 6.61 Å². The molecule has 0 saturated carbocycles. The van der Waals surface area contributed by atoms with Gasteiger partial charge in [0.1, 0.15) is 6.61 Å². The molecule has 0 bridgehead atoms. The molecule has 0 aliphatic carbocycles. The molecule has 1 rings (SSSR count). The Morgan fingerprint density at radius 3 is 2.89 bits per heavy atom. The first-order valence-electron chi connectivity index (χ1n) is 4.94. The lowest BCUT2D eigenvalue weighted by molar-refractivity contribution is -0.385. The van der Waals surface area contributed by atoms with Gasteiger partial charge in [-0.15, -0.1) is 0 Å². The number of hydrogen-bond donors (Lipinski definition) is 0. The van der Waals surface area contributed by atoms with E-state index in [-0.39, 0.29) is 12.3 Å². The summed E-state index contributed by atoms with van der Waals surface area (Å²) in [6.07, 6.45) is 4.11. The Bertz CT molecular complexity index is 511. The highest BCUT2D eigenvalue weighted by Crippen LogP contribution is 2.26. The molecule has 6 heteroatoms. The molecular weight excluding hydrogens is 302 g/mol. The third-order valence-electron chi connectivity index (χ3n) is 1.92. The van der Waals surface area contributed by atoms with Crippen molar-refractivity contribution in [3.63, 3.8) is 0 Å². The molecule has 0 aromatic heterocycles. The van der Waals surface area contributed by atoms with E-state index in [1.54, 1.807) is 12.1 Å². The van der Waals surface area contributed by atoms with Crippen LogP contribution in [0.25, 0.3) is 6.08 Å². The Labute approximate surface area is 112 Å². The first-order chi connectivity index (χ1) is 8.54. The predicted molar refractivity (Wildman–Crippen MR) is 71.0 cm³/mol. The fourth-order valence-electron chi connectivity index (χ4n) is 1.13. The van der Waals surface area contributed by atoms with Crippen LogP contribution in [0.4, 0.5) is 5.69 Å². The van der Waals surface area contributed by atoms with Crippen molar-refractivity contribution < 1.29 is 14.5 Å². The van der Waals surface area contributed by atoms with Gasteiger partial charge in [-0.05, 0) is 33.6 Å². The topological polar surface area (TPSA) is 69.4 Å². The predicted octanol–water partition coefficient (Wildman–Crippen LogP) is 3.10. The van der Waals surface area contributed by atoms with Crippen LogP contribution in [0.5, 0.6) is 0 Å². The van der Waals surface area contributed by atoms with Gasteiger partial charge in [0.15, 0.2) is 0 Å². The number of benzene rings is 1. The summed E-state index contributed by atoms with van der Waals surface area (Å²) in [5.74, 6) is -0.527. The van der Waals surface area contributed by atoms with Crippen LogP contribution in [-0.4, -0.2) is 17.5 Å². The number of rotatable bonds is 5. The Balaban J connectivity index is 2.82.